The van der Waals surface area contributed by atoms with Crippen LogP contribution in [0.15, 0.2) is 30.3 Å². The summed E-state index contributed by atoms with van der Waals surface area (Å²) in [6, 6.07) is 9.47. The van der Waals surface area contributed by atoms with Gasteiger partial charge >= 0.3 is 0 Å². The number of hydrogen-bond acceptors (Lipinski definition) is 4. The molecule has 1 aromatic heterocycles. The Morgan fingerprint density at radius 1 is 1.09 bits per heavy atom. The third-order valence-corrected chi connectivity index (χ3v) is 4.11. The van der Waals surface area contributed by atoms with Gasteiger partial charge in [-0.3, -0.25) is 4.79 Å². The standard InChI is InChI=1S/C18H22N4O/c1-13-8-4-5-9-15(13)20-17(23)16-12-14(2)19-18(21-16)22-10-6-3-7-11-22/h4-5,8-9,12H,3,6-7,10-11H2,1-2H3,(H,20,23). The van der Waals surface area contributed by atoms with Crippen molar-refractivity contribution < 1.29 is 4.79 Å². The predicted molar refractivity (Wildman–Crippen MR) is 92.0 cm³/mol. The maximum Gasteiger partial charge on any atom is 0.274 e. The molecule has 3 rings (SSSR count). The van der Waals surface area contributed by atoms with Crippen LogP contribution in [0.2, 0.25) is 0 Å². The molecule has 0 aliphatic carbocycles. The van der Waals surface area contributed by atoms with Gasteiger partial charge in [0.15, 0.2) is 0 Å². The summed E-state index contributed by atoms with van der Waals surface area (Å²) in [4.78, 5) is 23.7. The van der Waals surface area contributed by atoms with Crippen molar-refractivity contribution >= 4 is 17.5 Å². The summed E-state index contributed by atoms with van der Waals surface area (Å²) in [5.74, 6) is 0.475. The van der Waals surface area contributed by atoms with Crippen molar-refractivity contribution in [2.75, 3.05) is 23.3 Å². The average Bonchev–Trinajstić information content (AvgIpc) is 2.57. The fourth-order valence-electron chi connectivity index (χ4n) is 2.80. The van der Waals surface area contributed by atoms with Gasteiger partial charge < -0.3 is 10.2 Å². The molecule has 1 aromatic carbocycles. The highest BCUT2D eigenvalue weighted by molar-refractivity contribution is 6.03. The Kier molecular flexibility index (Phi) is 4.55. The number of carbonyl (C=O) groups is 1. The largest absolute Gasteiger partial charge is 0.341 e. The number of hydrogen-bond donors (Lipinski definition) is 1. The zero-order valence-electron chi connectivity index (χ0n) is 13.7. The first-order chi connectivity index (χ1) is 11.1. The van der Waals surface area contributed by atoms with Crippen molar-refractivity contribution in [3.05, 3.63) is 47.3 Å². The molecule has 0 radical (unpaired) electrons. The van der Waals surface area contributed by atoms with E-state index in [4.69, 9.17) is 0 Å². The number of carbonyl (C=O) groups excluding carboxylic acids is 1. The number of benzene rings is 1. The average molecular weight is 310 g/mol. The van der Waals surface area contributed by atoms with E-state index in [2.05, 4.69) is 20.2 Å². The Balaban J connectivity index is 1.83. The molecule has 0 atom stereocenters. The van der Waals surface area contributed by atoms with E-state index in [1.54, 1.807) is 6.07 Å². The Hall–Kier alpha value is -2.43. The fourth-order valence-corrected chi connectivity index (χ4v) is 2.80. The summed E-state index contributed by atoms with van der Waals surface area (Å²) in [6.07, 6.45) is 3.56. The van der Waals surface area contributed by atoms with E-state index >= 15 is 0 Å². The Morgan fingerprint density at radius 3 is 2.57 bits per heavy atom. The van der Waals surface area contributed by atoms with Crippen molar-refractivity contribution in [3.8, 4) is 0 Å². The van der Waals surface area contributed by atoms with Crippen LogP contribution < -0.4 is 10.2 Å². The lowest BCUT2D eigenvalue weighted by atomic mass is 10.1. The van der Waals surface area contributed by atoms with Crippen molar-refractivity contribution in [1.29, 1.82) is 0 Å². The van der Waals surface area contributed by atoms with Gasteiger partial charge in [0.1, 0.15) is 5.69 Å². The third kappa shape index (κ3) is 3.67. The first-order valence-electron chi connectivity index (χ1n) is 8.11. The van der Waals surface area contributed by atoms with Crippen LogP contribution in [0.3, 0.4) is 0 Å². The number of piperidine rings is 1. The number of nitrogens with zero attached hydrogens (tertiary/aromatic N) is 3. The number of nitrogens with one attached hydrogen (secondary N) is 1. The quantitative estimate of drug-likeness (QED) is 0.944. The van der Waals surface area contributed by atoms with Gasteiger partial charge in [0.25, 0.3) is 5.91 Å². The second-order valence-electron chi connectivity index (χ2n) is 6.01. The summed E-state index contributed by atoms with van der Waals surface area (Å²) in [5.41, 5.74) is 3.08. The minimum absolute atomic E-state index is 0.192. The van der Waals surface area contributed by atoms with E-state index < -0.39 is 0 Å². The molecule has 1 fully saturated rings. The molecular weight excluding hydrogens is 288 g/mol. The highest BCUT2D eigenvalue weighted by Crippen LogP contribution is 2.18. The molecule has 1 N–H and O–H groups in total. The van der Waals surface area contributed by atoms with E-state index in [9.17, 15) is 4.79 Å². The highest BCUT2D eigenvalue weighted by Gasteiger charge is 2.17. The van der Waals surface area contributed by atoms with Crippen molar-refractivity contribution in [2.24, 2.45) is 0 Å². The van der Waals surface area contributed by atoms with Crippen molar-refractivity contribution in [1.82, 2.24) is 9.97 Å². The van der Waals surface area contributed by atoms with Gasteiger partial charge in [0.05, 0.1) is 0 Å². The van der Waals surface area contributed by atoms with Crippen LogP contribution in [0, 0.1) is 13.8 Å². The number of amides is 1. The van der Waals surface area contributed by atoms with E-state index in [1.165, 1.54) is 6.42 Å². The zero-order valence-corrected chi connectivity index (χ0v) is 13.7. The topological polar surface area (TPSA) is 58.1 Å². The molecule has 5 heteroatoms. The molecule has 1 aliphatic rings. The normalized spacial score (nSPS) is 14.6. The molecule has 120 valence electrons. The highest BCUT2D eigenvalue weighted by atomic mass is 16.1. The molecule has 1 aliphatic heterocycles. The van der Waals surface area contributed by atoms with Crippen LogP contribution in [0.5, 0.6) is 0 Å². The molecule has 2 heterocycles. The SMILES string of the molecule is Cc1cc(C(=O)Nc2ccccc2C)nc(N2CCCCC2)n1. The zero-order chi connectivity index (χ0) is 16.2. The lowest BCUT2D eigenvalue weighted by Crippen LogP contribution is -2.31. The van der Waals surface area contributed by atoms with Gasteiger partial charge in [0.2, 0.25) is 5.95 Å². The summed E-state index contributed by atoms with van der Waals surface area (Å²) in [5, 5.41) is 2.94. The van der Waals surface area contributed by atoms with Crippen LogP contribution in [-0.2, 0) is 0 Å². The minimum atomic E-state index is -0.192. The van der Waals surface area contributed by atoms with Crippen LogP contribution in [0.1, 0.15) is 41.0 Å². The number of rotatable bonds is 3. The van der Waals surface area contributed by atoms with Crippen LogP contribution in [0.4, 0.5) is 11.6 Å². The maximum atomic E-state index is 12.5. The smallest absolute Gasteiger partial charge is 0.274 e. The van der Waals surface area contributed by atoms with Gasteiger partial charge in [0, 0.05) is 24.5 Å². The summed E-state index contributed by atoms with van der Waals surface area (Å²) < 4.78 is 0. The summed E-state index contributed by atoms with van der Waals surface area (Å²) >= 11 is 0. The lowest BCUT2D eigenvalue weighted by molar-refractivity contribution is 0.102. The Labute approximate surface area is 136 Å². The number of para-hydroxylation sites is 1. The van der Waals surface area contributed by atoms with Gasteiger partial charge in [-0.05, 0) is 50.8 Å². The fraction of sp³-hybridized carbons (Fsp3) is 0.389. The molecule has 5 nitrogen and oxygen atoms in total. The molecule has 1 saturated heterocycles. The summed E-state index contributed by atoms with van der Waals surface area (Å²) in [7, 11) is 0. The van der Waals surface area contributed by atoms with Crippen LogP contribution in [0.25, 0.3) is 0 Å². The Bertz CT molecular complexity index is 708. The minimum Gasteiger partial charge on any atom is -0.341 e. The second kappa shape index (κ2) is 6.77. The van der Waals surface area contributed by atoms with Crippen molar-refractivity contribution in [3.63, 3.8) is 0 Å². The van der Waals surface area contributed by atoms with E-state index in [1.807, 2.05) is 38.1 Å². The number of anilines is 2. The molecule has 0 spiro atoms. The van der Waals surface area contributed by atoms with Gasteiger partial charge in [-0.1, -0.05) is 18.2 Å². The molecule has 23 heavy (non-hydrogen) atoms. The molecular formula is C18H22N4O. The lowest BCUT2D eigenvalue weighted by Gasteiger charge is -2.27. The van der Waals surface area contributed by atoms with Crippen molar-refractivity contribution in [2.45, 2.75) is 33.1 Å². The monoisotopic (exact) mass is 310 g/mol. The van der Waals surface area contributed by atoms with E-state index in [0.29, 0.717) is 11.6 Å². The van der Waals surface area contributed by atoms with Gasteiger partial charge in [-0.2, -0.15) is 0 Å². The predicted octanol–water partition coefficient (Wildman–Crippen LogP) is 3.34. The molecule has 2 aromatic rings. The first kappa shape index (κ1) is 15.5. The summed E-state index contributed by atoms with van der Waals surface area (Å²) in [6.45, 7) is 5.80. The van der Waals surface area contributed by atoms with Gasteiger partial charge in [-0.25, -0.2) is 9.97 Å². The second-order valence-corrected chi connectivity index (χ2v) is 6.01. The number of aryl methyl sites for hydroxylation is 2. The number of aromatic nitrogens is 2. The first-order valence-corrected chi connectivity index (χ1v) is 8.11. The molecule has 0 unspecified atom stereocenters. The van der Waals surface area contributed by atoms with Crippen LogP contribution in [-0.4, -0.2) is 29.0 Å². The van der Waals surface area contributed by atoms with E-state index in [0.717, 1.165) is 42.9 Å². The molecule has 1 amide bonds. The molecule has 0 saturated carbocycles. The molecule has 0 bridgehead atoms. The third-order valence-electron chi connectivity index (χ3n) is 4.11. The van der Waals surface area contributed by atoms with Gasteiger partial charge in [-0.15, -0.1) is 0 Å². The maximum absolute atomic E-state index is 12.5. The Morgan fingerprint density at radius 2 is 1.83 bits per heavy atom. The van der Waals surface area contributed by atoms with E-state index in [-0.39, 0.29) is 5.91 Å². The van der Waals surface area contributed by atoms with Crippen LogP contribution >= 0.6 is 0 Å².